The van der Waals surface area contributed by atoms with E-state index in [9.17, 15) is 0 Å². The molecule has 1 aliphatic rings. The van der Waals surface area contributed by atoms with Crippen LogP contribution in [0.5, 0.6) is 0 Å². The fourth-order valence-electron chi connectivity index (χ4n) is 3.23. The Bertz CT molecular complexity index is 558. The van der Waals surface area contributed by atoms with Crippen LogP contribution in [0.3, 0.4) is 0 Å². The summed E-state index contributed by atoms with van der Waals surface area (Å²) in [6.07, 6.45) is 6.09. The molecule has 1 saturated heterocycles. The predicted molar refractivity (Wildman–Crippen MR) is 94.8 cm³/mol. The maximum atomic E-state index is 4.89. The first-order valence-corrected chi connectivity index (χ1v) is 9.41. The van der Waals surface area contributed by atoms with Gasteiger partial charge in [0.25, 0.3) is 0 Å². The van der Waals surface area contributed by atoms with Crippen LogP contribution < -0.4 is 5.32 Å². The van der Waals surface area contributed by atoms with Gasteiger partial charge in [-0.3, -0.25) is 0 Å². The van der Waals surface area contributed by atoms with E-state index in [0.717, 1.165) is 19.5 Å². The van der Waals surface area contributed by atoms with Crippen LogP contribution in [0, 0.1) is 0 Å². The van der Waals surface area contributed by atoms with Gasteiger partial charge in [-0.25, -0.2) is 4.98 Å². The number of rotatable bonds is 6. The minimum atomic E-state index is 0.642. The predicted octanol–water partition coefficient (Wildman–Crippen LogP) is 4.74. The molecule has 1 unspecified atom stereocenters. The lowest BCUT2D eigenvalue weighted by Crippen LogP contribution is -2.26. The van der Waals surface area contributed by atoms with Crippen molar-refractivity contribution in [1.29, 1.82) is 0 Å². The summed E-state index contributed by atoms with van der Waals surface area (Å²) >= 11 is 1.87. The van der Waals surface area contributed by atoms with E-state index in [1.54, 1.807) is 0 Å². The largest absolute Gasteiger partial charge is 0.317 e. The molecule has 0 spiro atoms. The second-order valence-corrected chi connectivity index (χ2v) is 7.29. The number of aromatic nitrogens is 1. The van der Waals surface area contributed by atoms with E-state index < -0.39 is 0 Å². The monoisotopic (exact) mass is 314 g/mol. The highest BCUT2D eigenvalue weighted by molar-refractivity contribution is 7.09. The van der Waals surface area contributed by atoms with Crippen molar-refractivity contribution in [3.63, 3.8) is 0 Å². The molecule has 1 aromatic heterocycles. The molecule has 0 aliphatic carbocycles. The van der Waals surface area contributed by atoms with E-state index >= 15 is 0 Å². The highest BCUT2D eigenvalue weighted by atomic mass is 32.1. The van der Waals surface area contributed by atoms with Crippen molar-refractivity contribution < 1.29 is 0 Å². The molecule has 0 bridgehead atoms. The van der Waals surface area contributed by atoms with Gasteiger partial charge in [0.1, 0.15) is 0 Å². The van der Waals surface area contributed by atoms with E-state index in [-0.39, 0.29) is 0 Å². The summed E-state index contributed by atoms with van der Waals surface area (Å²) in [5.41, 5.74) is 2.76. The highest BCUT2D eigenvalue weighted by Crippen LogP contribution is 2.28. The average molecular weight is 314 g/mol. The van der Waals surface area contributed by atoms with Crippen LogP contribution in [0.15, 0.2) is 35.7 Å². The summed E-state index contributed by atoms with van der Waals surface area (Å²) in [6.45, 7) is 4.62. The van der Waals surface area contributed by atoms with E-state index in [1.807, 2.05) is 11.3 Å². The molecule has 0 saturated carbocycles. The van der Waals surface area contributed by atoms with Crippen molar-refractivity contribution in [2.45, 2.75) is 50.9 Å². The van der Waals surface area contributed by atoms with Crippen LogP contribution in [-0.4, -0.2) is 18.1 Å². The molecule has 1 aliphatic heterocycles. The molecule has 0 radical (unpaired) electrons. The third kappa shape index (κ3) is 4.17. The Morgan fingerprint density at radius 3 is 2.77 bits per heavy atom. The summed E-state index contributed by atoms with van der Waals surface area (Å²) in [4.78, 5) is 4.89. The Kier molecular flexibility index (Phi) is 5.63. The molecule has 2 aromatic rings. The van der Waals surface area contributed by atoms with Crippen molar-refractivity contribution in [2.24, 2.45) is 0 Å². The zero-order chi connectivity index (χ0) is 15.2. The number of hydrogen-bond acceptors (Lipinski definition) is 3. The average Bonchev–Trinajstić information content (AvgIpc) is 3.05. The maximum Gasteiger partial charge on any atom is 0.0960 e. The highest BCUT2D eigenvalue weighted by Gasteiger charge is 2.18. The first-order valence-electron chi connectivity index (χ1n) is 8.53. The Balaban J connectivity index is 1.47. The molecular weight excluding hydrogens is 288 g/mol. The number of thiazole rings is 1. The van der Waals surface area contributed by atoms with Gasteiger partial charge >= 0.3 is 0 Å². The first-order chi connectivity index (χ1) is 10.8. The molecular formula is C19H26N2S. The number of piperidine rings is 1. The normalized spacial score (nSPS) is 17.5. The molecule has 1 N–H and O–H groups in total. The molecule has 3 heteroatoms. The maximum absolute atomic E-state index is 4.89. The number of aryl methyl sites for hydroxylation is 1. The van der Waals surface area contributed by atoms with Crippen LogP contribution in [0.25, 0.3) is 0 Å². The molecule has 2 nitrogen and oxygen atoms in total. The van der Waals surface area contributed by atoms with Crippen LogP contribution in [0.4, 0.5) is 0 Å². The SMILES string of the molecule is CC(CCCc1csc(C2CCNCC2)n1)c1ccccc1. The van der Waals surface area contributed by atoms with Crippen molar-refractivity contribution in [3.05, 3.63) is 52.0 Å². The van der Waals surface area contributed by atoms with Crippen molar-refractivity contribution in [1.82, 2.24) is 10.3 Å². The van der Waals surface area contributed by atoms with Gasteiger partial charge in [0.2, 0.25) is 0 Å². The zero-order valence-corrected chi connectivity index (χ0v) is 14.2. The lowest BCUT2D eigenvalue weighted by Gasteiger charge is -2.20. The fraction of sp³-hybridized carbons (Fsp3) is 0.526. The van der Waals surface area contributed by atoms with Gasteiger partial charge in [-0.05, 0) is 56.7 Å². The molecule has 1 atom stereocenters. The Morgan fingerprint density at radius 2 is 2.00 bits per heavy atom. The topological polar surface area (TPSA) is 24.9 Å². The quantitative estimate of drug-likeness (QED) is 0.833. The van der Waals surface area contributed by atoms with Gasteiger partial charge < -0.3 is 5.32 Å². The van der Waals surface area contributed by atoms with Crippen LogP contribution in [-0.2, 0) is 6.42 Å². The lowest BCUT2D eigenvalue weighted by molar-refractivity contribution is 0.458. The molecule has 22 heavy (non-hydrogen) atoms. The first kappa shape index (κ1) is 15.7. The van der Waals surface area contributed by atoms with Gasteiger partial charge in [0.15, 0.2) is 0 Å². The fourth-order valence-corrected chi connectivity index (χ4v) is 4.26. The van der Waals surface area contributed by atoms with E-state index in [2.05, 4.69) is 48.0 Å². The van der Waals surface area contributed by atoms with Gasteiger partial charge in [0.05, 0.1) is 10.7 Å². The Hall–Kier alpha value is -1.19. The van der Waals surface area contributed by atoms with Crippen LogP contribution in [0.2, 0.25) is 0 Å². The summed E-state index contributed by atoms with van der Waals surface area (Å²) in [5.74, 6) is 1.34. The second-order valence-electron chi connectivity index (χ2n) is 6.41. The molecule has 1 fully saturated rings. The number of benzene rings is 1. The smallest absolute Gasteiger partial charge is 0.0960 e. The van der Waals surface area contributed by atoms with Crippen molar-refractivity contribution >= 4 is 11.3 Å². The molecule has 1 aromatic carbocycles. The minimum absolute atomic E-state index is 0.642. The van der Waals surface area contributed by atoms with Gasteiger partial charge in [-0.2, -0.15) is 0 Å². The third-order valence-corrected chi connectivity index (χ3v) is 5.75. The summed E-state index contributed by atoms with van der Waals surface area (Å²) in [7, 11) is 0. The number of nitrogens with one attached hydrogen (secondary N) is 1. The Morgan fingerprint density at radius 1 is 1.23 bits per heavy atom. The van der Waals surface area contributed by atoms with E-state index in [4.69, 9.17) is 4.98 Å². The molecule has 0 amide bonds. The van der Waals surface area contributed by atoms with Gasteiger partial charge in [0, 0.05) is 11.3 Å². The summed E-state index contributed by atoms with van der Waals surface area (Å²) in [6, 6.07) is 10.8. The van der Waals surface area contributed by atoms with E-state index in [0.29, 0.717) is 11.8 Å². The third-order valence-electron chi connectivity index (χ3n) is 4.70. The number of hydrogen-bond donors (Lipinski definition) is 1. The summed E-state index contributed by atoms with van der Waals surface area (Å²) in [5, 5.41) is 7.08. The Labute approximate surface area is 138 Å². The summed E-state index contributed by atoms with van der Waals surface area (Å²) < 4.78 is 0. The van der Waals surface area contributed by atoms with Crippen molar-refractivity contribution in [2.75, 3.05) is 13.1 Å². The number of nitrogens with zero attached hydrogens (tertiary/aromatic N) is 1. The van der Waals surface area contributed by atoms with Crippen LogP contribution in [0.1, 0.15) is 60.7 Å². The van der Waals surface area contributed by atoms with Gasteiger partial charge in [-0.1, -0.05) is 37.3 Å². The molecule has 2 heterocycles. The minimum Gasteiger partial charge on any atom is -0.317 e. The lowest BCUT2D eigenvalue weighted by atomic mass is 9.95. The zero-order valence-electron chi connectivity index (χ0n) is 13.4. The van der Waals surface area contributed by atoms with Crippen molar-refractivity contribution in [3.8, 4) is 0 Å². The molecule has 118 valence electrons. The molecule has 3 rings (SSSR count). The standard InChI is InChI=1S/C19H26N2S/c1-15(16-7-3-2-4-8-16)6-5-9-18-14-22-19(21-18)17-10-12-20-13-11-17/h2-4,7-8,14-15,17,20H,5-6,9-13H2,1H3. The second kappa shape index (κ2) is 7.89. The van der Waals surface area contributed by atoms with Gasteiger partial charge in [-0.15, -0.1) is 11.3 Å². The van der Waals surface area contributed by atoms with Crippen LogP contribution >= 0.6 is 11.3 Å². The van der Waals surface area contributed by atoms with E-state index in [1.165, 1.54) is 41.9 Å².